The second-order valence-corrected chi connectivity index (χ2v) is 8.19. The fraction of sp³-hybridized carbons (Fsp3) is 0.273. The van der Waals surface area contributed by atoms with E-state index in [1.54, 1.807) is 22.8 Å². The lowest BCUT2D eigenvalue weighted by molar-refractivity contribution is -0.137. The smallest absolute Gasteiger partial charge is 0.323 e. The van der Waals surface area contributed by atoms with Crippen LogP contribution in [0.3, 0.4) is 0 Å². The maximum absolute atomic E-state index is 13.0. The summed E-state index contributed by atoms with van der Waals surface area (Å²) in [5.41, 5.74) is 2.98. The van der Waals surface area contributed by atoms with Gasteiger partial charge in [-0.15, -0.1) is 0 Å². The number of hydrogen-bond acceptors (Lipinski definition) is 2. The van der Waals surface area contributed by atoms with Gasteiger partial charge >= 0.3 is 5.97 Å². The van der Waals surface area contributed by atoms with E-state index in [4.69, 9.17) is 23.2 Å². The molecule has 0 fully saturated rings. The molecule has 0 radical (unpaired) electrons. The van der Waals surface area contributed by atoms with Crippen LogP contribution in [0.25, 0.3) is 27.4 Å². The van der Waals surface area contributed by atoms with Gasteiger partial charge in [0.25, 0.3) is 0 Å². The average molecular weight is 416 g/mol. The minimum absolute atomic E-state index is 0.178. The van der Waals surface area contributed by atoms with Gasteiger partial charge in [-0.1, -0.05) is 42.3 Å². The van der Waals surface area contributed by atoms with Crippen LogP contribution in [-0.4, -0.2) is 15.6 Å². The van der Waals surface area contributed by atoms with Gasteiger partial charge in [0.2, 0.25) is 0 Å². The highest BCUT2D eigenvalue weighted by molar-refractivity contribution is 6.45. The topological polar surface area (TPSA) is 59.3 Å². The van der Waals surface area contributed by atoms with Crippen LogP contribution in [0.4, 0.5) is 0 Å². The van der Waals surface area contributed by atoms with Gasteiger partial charge in [-0.3, -0.25) is 9.59 Å². The molecule has 0 bridgehead atoms. The van der Waals surface area contributed by atoms with Crippen molar-refractivity contribution in [1.82, 2.24) is 4.57 Å². The zero-order valence-corrected chi connectivity index (χ0v) is 16.8. The summed E-state index contributed by atoms with van der Waals surface area (Å²) in [6.07, 6.45) is 5.34. The number of allylic oxidation sites excluding steroid dienone is 2. The number of aromatic nitrogens is 1. The molecule has 0 aliphatic heterocycles. The standard InChI is InChI=1S/C22H19Cl2NO3/c1-12-2-4-13(5-3-12)14-6-7-15-18(10-14)25(11-19(26)27)21-16(22(15)28)8-9-17(23)20(21)24/h4,6-10,12H,2-3,5,11H2,1H3,(H,26,27). The van der Waals surface area contributed by atoms with Gasteiger partial charge < -0.3 is 9.67 Å². The lowest BCUT2D eigenvalue weighted by Gasteiger charge is -2.20. The van der Waals surface area contributed by atoms with Crippen LogP contribution in [0, 0.1) is 5.92 Å². The van der Waals surface area contributed by atoms with E-state index in [1.165, 1.54) is 5.57 Å². The van der Waals surface area contributed by atoms with Crippen molar-refractivity contribution in [1.29, 1.82) is 0 Å². The van der Waals surface area contributed by atoms with Crippen molar-refractivity contribution in [3.63, 3.8) is 0 Å². The summed E-state index contributed by atoms with van der Waals surface area (Å²) in [5.74, 6) is -0.349. The molecule has 0 saturated heterocycles. The van der Waals surface area contributed by atoms with Crippen molar-refractivity contribution in [3.05, 3.63) is 62.2 Å². The van der Waals surface area contributed by atoms with E-state index in [2.05, 4.69) is 13.0 Å². The largest absolute Gasteiger partial charge is 0.480 e. The maximum atomic E-state index is 13.0. The molecule has 0 spiro atoms. The minimum atomic E-state index is -1.02. The number of pyridine rings is 1. The molecule has 0 amide bonds. The first-order chi connectivity index (χ1) is 13.4. The molecule has 28 heavy (non-hydrogen) atoms. The van der Waals surface area contributed by atoms with E-state index < -0.39 is 5.97 Å². The van der Waals surface area contributed by atoms with Crippen LogP contribution in [0.1, 0.15) is 31.7 Å². The molecule has 1 N–H and O–H groups in total. The highest BCUT2D eigenvalue weighted by atomic mass is 35.5. The van der Waals surface area contributed by atoms with E-state index in [0.717, 1.165) is 24.8 Å². The zero-order valence-electron chi connectivity index (χ0n) is 15.3. The molecule has 1 aliphatic carbocycles. The lowest BCUT2D eigenvalue weighted by atomic mass is 9.87. The molecular weight excluding hydrogens is 397 g/mol. The minimum Gasteiger partial charge on any atom is -0.480 e. The monoisotopic (exact) mass is 415 g/mol. The summed E-state index contributed by atoms with van der Waals surface area (Å²) >= 11 is 12.6. The summed E-state index contributed by atoms with van der Waals surface area (Å²) in [6, 6.07) is 8.79. The van der Waals surface area contributed by atoms with E-state index in [0.29, 0.717) is 27.7 Å². The van der Waals surface area contributed by atoms with Crippen LogP contribution >= 0.6 is 23.2 Å². The van der Waals surface area contributed by atoms with Gasteiger partial charge in [-0.2, -0.15) is 0 Å². The third-order valence-corrected chi connectivity index (χ3v) is 6.25. The summed E-state index contributed by atoms with van der Waals surface area (Å²) in [7, 11) is 0. The Hall–Kier alpha value is -2.30. The van der Waals surface area contributed by atoms with E-state index in [1.807, 2.05) is 12.1 Å². The Balaban J connectivity index is 2.07. The van der Waals surface area contributed by atoms with Crippen molar-refractivity contribution < 1.29 is 9.90 Å². The normalized spacial score (nSPS) is 17.1. The third-order valence-electron chi connectivity index (χ3n) is 5.45. The summed E-state index contributed by atoms with van der Waals surface area (Å²) in [5, 5.41) is 10.8. The van der Waals surface area contributed by atoms with Gasteiger partial charge in [0.1, 0.15) is 6.54 Å². The lowest BCUT2D eigenvalue weighted by Crippen LogP contribution is -2.16. The van der Waals surface area contributed by atoms with Crippen LogP contribution in [0.15, 0.2) is 41.2 Å². The first-order valence-electron chi connectivity index (χ1n) is 9.22. The Morgan fingerprint density at radius 3 is 2.64 bits per heavy atom. The van der Waals surface area contributed by atoms with Crippen molar-refractivity contribution in [3.8, 4) is 0 Å². The van der Waals surface area contributed by atoms with E-state index >= 15 is 0 Å². The Morgan fingerprint density at radius 2 is 1.96 bits per heavy atom. The molecule has 1 aromatic heterocycles. The zero-order chi connectivity index (χ0) is 20.0. The molecule has 1 aliphatic rings. The summed E-state index contributed by atoms with van der Waals surface area (Å²) in [6.45, 7) is 1.92. The van der Waals surface area contributed by atoms with Crippen LogP contribution < -0.4 is 5.43 Å². The van der Waals surface area contributed by atoms with Gasteiger partial charge in [0.05, 0.1) is 21.1 Å². The predicted molar refractivity (Wildman–Crippen MR) is 114 cm³/mol. The quantitative estimate of drug-likeness (QED) is 0.553. The molecule has 4 nitrogen and oxygen atoms in total. The number of rotatable bonds is 3. The molecule has 1 unspecified atom stereocenters. The maximum Gasteiger partial charge on any atom is 0.323 e. The van der Waals surface area contributed by atoms with Crippen LogP contribution in [-0.2, 0) is 11.3 Å². The van der Waals surface area contributed by atoms with E-state index in [9.17, 15) is 14.7 Å². The fourth-order valence-electron chi connectivity index (χ4n) is 3.93. The van der Waals surface area contributed by atoms with Crippen LogP contribution in [0.5, 0.6) is 0 Å². The Morgan fingerprint density at radius 1 is 1.21 bits per heavy atom. The van der Waals surface area contributed by atoms with Crippen molar-refractivity contribution in [2.45, 2.75) is 32.7 Å². The molecule has 144 valence electrons. The van der Waals surface area contributed by atoms with Gasteiger partial charge in [0.15, 0.2) is 5.43 Å². The number of aliphatic carboxylic acids is 1. The molecule has 4 rings (SSSR count). The molecule has 1 heterocycles. The number of hydrogen-bond donors (Lipinski definition) is 1. The molecule has 1 atom stereocenters. The average Bonchev–Trinajstić information content (AvgIpc) is 2.67. The Labute approximate surface area is 172 Å². The fourth-order valence-corrected chi connectivity index (χ4v) is 4.35. The first-order valence-corrected chi connectivity index (χ1v) is 9.98. The van der Waals surface area contributed by atoms with Gasteiger partial charge in [0, 0.05) is 10.8 Å². The molecule has 3 aromatic rings. The van der Waals surface area contributed by atoms with Crippen molar-refractivity contribution in [2.24, 2.45) is 5.92 Å². The van der Waals surface area contributed by atoms with Crippen molar-refractivity contribution in [2.75, 3.05) is 0 Å². The van der Waals surface area contributed by atoms with Gasteiger partial charge in [-0.05, 0) is 60.6 Å². The second kappa shape index (κ2) is 7.26. The number of carbonyl (C=O) groups is 1. The SMILES string of the molecule is CC1CC=C(c2ccc3c(=O)c4ccc(Cl)c(Cl)c4n(CC(=O)O)c3c2)CC1. The number of halogens is 2. The number of carboxylic acid groups (broad SMARTS) is 1. The predicted octanol–water partition coefficient (Wildman–Crippen LogP) is 5.75. The number of fused-ring (bicyclic) bond motifs is 2. The van der Waals surface area contributed by atoms with Crippen molar-refractivity contribution >= 4 is 56.6 Å². The Kier molecular flexibility index (Phi) is 4.94. The number of benzene rings is 2. The molecule has 2 aromatic carbocycles. The first kappa shape index (κ1) is 19.0. The molecular formula is C22H19Cl2NO3. The highest BCUT2D eigenvalue weighted by Crippen LogP contribution is 2.34. The van der Waals surface area contributed by atoms with Crippen LogP contribution in [0.2, 0.25) is 10.0 Å². The summed E-state index contributed by atoms with van der Waals surface area (Å²) in [4.78, 5) is 24.6. The number of nitrogens with zero attached hydrogens (tertiary/aromatic N) is 1. The highest BCUT2D eigenvalue weighted by Gasteiger charge is 2.19. The number of carboxylic acids is 1. The molecule has 6 heteroatoms. The van der Waals surface area contributed by atoms with E-state index in [-0.39, 0.29) is 22.0 Å². The Bertz CT molecular complexity index is 1210. The second-order valence-electron chi connectivity index (χ2n) is 7.41. The molecule has 0 saturated carbocycles. The van der Waals surface area contributed by atoms with Gasteiger partial charge in [-0.25, -0.2) is 0 Å². The third kappa shape index (κ3) is 3.21. The summed E-state index contributed by atoms with van der Waals surface area (Å²) < 4.78 is 1.58.